The van der Waals surface area contributed by atoms with Crippen LogP contribution >= 0.6 is 0 Å². The second-order valence-electron chi connectivity index (χ2n) is 4.82. The summed E-state index contributed by atoms with van der Waals surface area (Å²) in [4.78, 5) is 21.4. The normalized spacial score (nSPS) is 19.8. The summed E-state index contributed by atoms with van der Waals surface area (Å²) in [6, 6.07) is 2.36. The van der Waals surface area contributed by atoms with Gasteiger partial charge in [-0.05, 0) is 18.6 Å². The van der Waals surface area contributed by atoms with Gasteiger partial charge in [0.25, 0.3) is 5.69 Å². The fraction of sp³-hybridized carbons (Fsp3) is 0.417. The number of carbonyl (C=O) groups is 1. The summed E-state index contributed by atoms with van der Waals surface area (Å²) in [6.45, 7) is 1.49. The quantitative estimate of drug-likeness (QED) is 0.599. The van der Waals surface area contributed by atoms with E-state index in [-0.39, 0.29) is 35.9 Å². The van der Waals surface area contributed by atoms with Crippen LogP contribution in [0.4, 0.5) is 5.69 Å². The van der Waals surface area contributed by atoms with Crippen LogP contribution in [-0.4, -0.2) is 49.4 Å². The van der Waals surface area contributed by atoms with E-state index in [9.17, 15) is 23.3 Å². The predicted molar refractivity (Wildman–Crippen MR) is 75.5 cm³/mol. The molecule has 9 nitrogen and oxygen atoms in total. The average Bonchev–Trinajstić information content (AvgIpc) is 2.46. The van der Waals surface area contributed by atoms with Crippen molar-refractivity contribution in [2.75, 3.05) is 19.8 Å². The van der Waals surface area contributed by atoms with E-state index in [1.54, 1.807) is 0 Å². The molecule has 1 fully saturated rings. The van der Waals surface area contributed by atoms with E-state index in [1.807, 2.05) is 0 Å². The Kier molecular flexibility index (Phi) is 4.44. The van der Waals surface area contributed by atoms with Crippen LogP contribution < -0.4 is 5.73 Å². The number of ether oxygens (including phenoxy) is 1. The molecule has 2 rings (SSSR count). The van der Waals surface area contributed by atoms with Gasteiger partial charge in [0.1, 0.15) is 6.04 Å². The molecule has 0 saturated carbocycles. The van der Waals surface area contributed by atoms with Crippen molar-refractivity contribution < 1.29 is 22.9 Å². The number of morpholine rings is 1. The van der Waals surface area contributed by atoms with Crippen molar-refractivity contribution in [1.29, 1.82) is 0 Å². The zero-order valence-corrected chi connectivity index (χ0v) is 12.6. The monoisotopic (exact) mass is 329 g/mol. The van der Waals surface area contributed by atoms with Gasteiger partial charge in [-0.2, -0.15) is 4.31 Å². The van der Waals surface area contributed by atoms with Crippen LogP contribution in [0.3, 0.4) is 0 Å². The number of nitrogens with two attached hydrogens (primary N) is 1. The molecule has 1 aromatic rings. The Morgan fingerprint density at radius 3 is 2.73 bits per heavy atom. The molecule has 10 heteroatoms. The van der Waals surface area contributed by atoms with Crippen molar-refractivity contribution in [2.24, 2.45) is 5.73 Å². The first-order chi connectivity index (χ1) is 10.2. The molecule has 22 heavy (non-hydrogen) atoms. The van der Waals surface area contributed by atoms with E-state index in [0.717, 1.165) is 16.4 Å². The number of benzene rings is 1. The van der Waals surface area contributed by atoms with Gasteiger partial charge in [0.05, 0.1) is 23.0 Å². The van der Waals surface area contributed by atoms with E-state index in [4.69, 9.17) is 10.5 Å². The third-order valence-electron chi connectivity index (χ3n) is 3.36. The number of non-ortho nitro benzene ring substituents is 1. The number of rotatable bonds is 4. The van der Waals surface area contributed by atoms with Gasteiger partial charge in [0, 0.05) is 18.7 Å². The fourth-order valence-corrected chi connectivity index (χ4v) is 4.04. The Hall–Kier alpha value is -2.04. The molecule has 1 aromatic carbocycles. The highest BCUT2D eigenvalue weighted by Crippen LogP contribution is 2.26. The van der Waals surface area contributed by atoms with Crippen molar-refractivity contribution in [3.63, 3.8) is 0 Å². The minimum absolute atomic E-state index is 0.00757. The highest BCUT2D eigenvalue weighted by atomic mass is 32.2. The molecule has 1 aliphatic heterocycles. The largest absolute Gasteiger partial charge is 0.378 e. The van der Waals surface area contributed by atoms with Crippen LogP contribution in [-0.2, 0) is 19.6 Å². The maximum Gasteiger partial charge on any atom is 0.269 e. The van der Waals surface area contributed by atoms with E-state index in [2.05, 4.69) is 0 Å². The van der Waals surface area contributed by atoms with Gasteiger partial charge in [-0.15, -0.1) is 0 Å². The van der Waals surface area contributed by atoms with Crippen LogP contribution in [0.15, 0.2) is 23.1 Å². The number of carbonyl (C=O) groups excluding carboxylic acids is 1. The lowest BCUT2D eigenvalue weighted by atomic mass is 10.2. The third kappa shape index (κ3) is 2.93. The summed E-state index contributed by atoms with van der Waals surface area (Å²) in [7, 11) is -4.00. The Balaban J connectivity index is 2.45. The number of hydrogen-bond donors (Lipinski definition) is 1. The minimum atomic E-state index is -4.00. The van der Waals surface area contributed by atoms with Gasteiger partial charge in [-0.1, -0.05) is 0 Å². The van der Waals surface area contributed by atoms with Crippen LogP contribution in [0, 0.1) is 17.0 Å². The highest BCUT2D eigenvalue weighted by molar-refractivity contribution is 7.89. The fourth-order valence-electron chi connectivity index (χ4n) is 2.26. The lowest BCUT2D eigenvalue weighted by Gasteiger charge is -2.32. The Morgan fingerprint density at radius 2 is 2.18 bits per heavy atom. The minimum Gasteiger partial charge on any atom is -0.378 e. The highest BCUT2D eigenvalue weighted by Gasteiger charge is 2.38. The number of primary amides is 1. The van der Waals surface area contributed by atoms with Gasteiger partial charge in [-0.25, -0.2) is 8.42 Å². The second-order valence-corrected chi connectivity index (χ2v) is 6.67. The third-order valence-corrected chi connectivity index (χ3v) is 5.43. The Morgan fingerprint density at radius 1 is 1.50 bits per heavy atom. The van der Waals surface area contributed by atoms with Gasteiger partial charge >= 0.3 is 0 Å². The van der Waals surface area contributed by atoms with E-state index in [1.165, 1.54) is 13.0 Å². The van der Waals surface area contributed by atoms with Gasteiger partial charge in [0.15, 0.2) is 0 Å². The number of sulfonamides is 1. The summed E-state index contributed by atoms with van der Waals surface area (Å²) < 4.78 is 31.5. The number of amides is 1. The molecule has 1 aliphatic rings. The Bertz CT molecular complexity index is 718. The van der Waals surface area contributed by atoms with Crippen molar-refractivity contribution >= 4 is 21.6 Å². The summed E-state index contributed by atoms with van der Waals surface area (Å²) >= 11 is 0. The SMILES string of the molecule is Cc1cc([N+](=O)[O-])ccc1S(=O)(=O)N1CCOCC1C(N)=O. The smallest absolute Gasteiger partial charge is 0.269 e. The molecular weight excluding hydrogens is 314 g/mol. The lowest BCUT2D eigenvalue weighted by molar-refractivity contribution is -0.385. The summed E-state index contributed by atoms with van der Waals surface area (Å²) in [5.41, 5.74) is 5.24. The molecule has 1 amide bonds. The number of hydrogen-bond acceptors (Lipinski definition) is 6. The van der Waals surface area contributed by atoms with Crippen LogP contribution in [0.25, 0.3) is 0 Å². The molecule has 1 saturated heterocycles. The number of nitrogens with zero attached hydrogens (tertiary/aromatic N) is 2. The summed E-state index contributed by atoms with van der Waals surface area (Å²) in [5, 5.41) is 10.7. The van der Waals surface area contributed by atoms with Crippen molar-refractivity contribution in [3.05, 3.63) is 33.9 Å². The molecule has 2 N–H and O–H groups in total. The Labute approximate surface area is 126 Å². The van der Waals surface area contributed by atoms with Crippen LogP contribution in [0.2, 0.25) is 0 Å². The number of nitro groups is 1. The maximum atomic E-state index is 12.7. The van der Waals surface area contributed by atoms with E-state index in [0.29, 0.717) is 0 Å². The molecule has 0 bridgehead atoms. The predicted octanol–water partition coefficient (Wildman–Crippen LogP) is -0.222. The van der Waals surface area contributed by atoms with Crippen molar-refractivity contribution in [1.82, 2.24) is 4.31 Å². The zero-order valence-electron chi connectivity index (χ0n) is 11.8. The molecule has 0 radical (unpaired) electrons. The molecule has 120 valence electrons. The van der Waals surface area contributed by atoms with Gasteiger partial charge in [-0.3, -0.25) is 14.9 Å². The second kappa shape index (κ2) is 5.99. The van der Waals surface area contributed by atoms with Gasteiger partial charge in [0.2, 0.25) is 15.9 Å². The topological polar surface area (TPSA) is 133 Å². The molecule has 0 spiro atoms. The zero-order chi connectivity index (χ0) is 16.5. The number of nitro benzene ring substituents is 1. The first-order valence-corrected chi connectivity index (χ1v) is 7.83. The average molecular weight is 329 g/mol. The number of aryl methyl sites for hydroxylation is 1. The molecular formula is C12H15N3O6S. The van der Waals surface area contributed by atoms with Crippen molar-refractivity contribution in [2.45, 2.75) is 17.9 Å². The lowest BCUT2D eigenvalue weighted by Crippen LogP contribution is -2.54. The molecule has 0 aromatic heterocycles. The first-order valence-electron chi connectivity index (χ1n) is 6.39. The van der Waals surface area contributed by atoms with E-state index < -0.39 is 26.9 Å². The van der Waals surface area contributed by atoms with E-state index >= 15 is 0 Å². The first kappa shape index (κ1) is 16.3. The maximum absolute atomic E-state index is 12.7. The van der Waals surface area contributed by atoms with Crippen molar-refractivity contribution in [3.8, 4) is 0 Å². The summed E-state index contributed by atoms with van der Waals surface area (Å²) in [5.74, 6) is -0.803. The molecule has 1 unspecified atom stereocenters. The van der Waals surface area contributed by atoms with Crippen LogP contribution in [0.5, 0.6) is 0 Å². The molecule has 1 atom stereocenters. The standard InChI is InChI=1S/C12H15N3O6S/c1-8-6-9(15(17)18)2-3-11(8)22(19,20)14-4-5-21-7-10(14)12(13)16/h2-3,6,10H,4-5,7H2,1H3,(H2,13,16). The molecule has 1 heterocycles. The van der Waals surface area contributed by atoms with Crippen LogP contribution in [0.1, 0.15) is 5.56 Å². The summed E-state index contributed by atoms with van der Waals surface area (Å²) in [6.07, 6.45) is 0. The molecule has 0 aliphatic carbocycles. The van der Waals surface area contributed by atoms with Gasteiger partial charge < -0.3 is 10.5 Å².